The summed E-state index contributed by atoms with van der Waals surface area (Å²) in [6.45, 7) is 20.3. The number of aryl methyl sites for hydroxylation is 4. The molecule has 7 aromatic rings. The van der Waals surface area contributed by atoms with Crippen molar-refractivity contribution in [1.82, 2.24) is 19.3 Å². The molecule has 4 aromatic carbocycles. The first-order valence-corrected chi connectivity index (χ1v) is 18.3. The molecule has 0 fully saturated rings. The van der Waals surface area contributed by atoms with E-state index in [1.807, 2.05) is 29.2 Å². The molecule has 6 heteroatoms. The van der Waals surface area contributed by atoms with Gasteiger partial charge in [-0.2, -0.15) is 16.7 Å². The van der Waals surface area contributed by atoms with Gasteiger partial charge in [0.25, 0.3) is 0 Å². The molecule has 3 aromatic heterocycles. The molecule has 0 saturated carbocycles. The van der Waals surface area contributed by atoms with Gasteiger partial charge in [0.05, 0.1) is 6.20 Å². The number of aromatic nitrogens is 4. The molecule has 0 spiro atoms. The van der Waals surface area contributed by atoms with Crippen LogP contribution in [0.2, 0.25) is 0 Å². The van der Waals surface area contributed by atoms with Crippen LogP contribution in [0.3, 0.4) is 0 Å². The van der Waals surface area contributed by atoms with Crippen LogP contribution in [0.15, 0.2) is 85.3 Å². The zero-order valence-electron chi connectivity index (χ0n) is 31.7. The van der Waals surface area contributed by atoms with Crippen LogP contribution in [0.5, 0.6) is 11.5 Å². The van der Waals surface area contributed by atoms with Gasteiger partial charge in [-0.3, -0.25) is 4.68 Å². The number of fused-ring (bicyclic) bond motifs is 3. The average Bonchev–Trinajstić information content (AvgIpc) is 3.70. The normalized spacial score (nSPS) is 11.7. The SMILES string of the molecule is Cc1ccnc(-n2c3[c-]c(Oc4[c-]c(-n5cc(-c6c(C(C)C)c(C)cc(C)c6C(C)C)cn5)cc(CCC(C)C)c4)ccc3c3ccccc32)c1.[Pt+2]. The standard InChI is InChI=1S/C46H48N4O.Pt/c1-28(2)14-15-34-22-36(49-27-35(26-48-49)46-44(29(3)4)32(8)21-33(9)45(46)30(5)6)24-38(23-34)51-37-16-17-40-39-12-10-11-13-41(39)50(42(40)25-37)43-20-31(7)18-19-47-43;/h10-13,16-23,26-30H,14-15H2,1-9H3;/q-2;+2. The quantitative estimate of drug-likeness (QED) is 0.129. The van der Waals surface area contributed by atoms with E-state index in [0.717, 1.165) is 57.3 Å². The third kappa shape index (κ3) is 7.26. The van der Waals surface area contributed by atoms with Gasteiger partial charge >= 0.3 is 21.1 Å². The molecule has 52 heavy (non-hydrogen) atoms. The summed E-state index contributed by atoms with van der Waals surface area (Å²) in [6.07, 6.45) is 8.05. The van der Waals surface area contributed by atoms with Crippen LogP contribution in [0.4, 0.5) is 0 Å². The van der Waals surface area contributed by atoms with Gasteiger partial charge in [0.15, 0.2) is 0 Å². The summed E-state index contributed by atoms with van der Waals surface area (Å²) in [6, 6.07) is 30.5. The summed E-state index contributed by atoms with van der Waals surface area (Å²) >= 11 is 0. The Morgan fingerprint density at radius 3 is 2.19 bits per heavy atom. The Morgan fingerprint density at radius 2 is 1.50 bits per heavy atom. The number of para-hydroxylation sites is 1. The van der Waals surface area contributed by atoms with E-state index in [0.29, 0.717) is 29.3 Å². The third-order valence-corrected chi connectivity index (χ3v) is 9.90. The Labute approximate surface area is 323 Å². The molecule has 0 aliphatic heterocycles. The fourth-order valence-corrected chi connectivity index (χ4v) is 7.70. The van der Waals surface area contributed by atoms with Crippen molar-refractivity contribution in [1.29, 1.82) is 0 Å². The van der Waals surface area contributed by atoms with Crippen molar-refractivity contribution in [3.05, 3.63) is 131 Å². The van der Waals surface area contributed by atoms with Crippen LogP contribution in [0.1, 0.15) is 93.2 Å². The van der Waals surface area contributed by atoms with Gasteiger partial charge < -0.3 is 9.30 Å². The summed E-state index contributed by atoms with van der Waals surface area (Å²) in [5, 5.41) is 7.20. The maximum absolute atomic E-state index is 6.64. The van der Waals surface area contributed by atoms with E-state index in [2.05, 4.69) is 140 Å². The van der Waals surface area contributed by atoms with E-state index in [4.69, 9.17) is 14.8 Å². The van der Waals surface area contributed by atoms with Crippen molar-refractivity contribution >= 4 is 21.8 Å². The first-order valence-electron chi connectivity index (χ1n) is 18.3. The summed E-state index contributed by atoms with van der Waals surface area (Å²) in [5.41, 5.74) is 13.1. The molecule has 0 radical (unpaired) electrons. The van der Waals surface area contributed by atoms with Crippen molar-refractivity contribution in [2.24, 2.45) is 5.92 Å². The molecule has 0 aliphatic carbocycles. The second kappa shape index (κ2) is 15.2. The first kappa shape index (κ1) is 37.3. The number of hydrogen-bond acceptors (Lipinski definition) is 3. The van der Waals surface area contributed by atoms with Crippen molar-refractivity contribution in [3.63, 3.8) is 0 Å². The minimum atomic E-state index is 0. The molecule has 0 aliphatic rings. The van der Waals surface area contributed by atoms with Crippen LogP contribution in [-0.2, 0) is 27.5 Å². The first-order chi connectivity index (χ1) is 24.5. The largest absolute Gasteiger partial charge is 2.00 e. The molecule has 0 bridgehead atoms. The maximum Gasteiger partial charge on any atom is 2.00 e. The van der Waals surface area contributed by atoms with Gasteiger partial charge in [-0.05, 0) is 108 Å². The zero-order chi connectivity index (χ0) is 36.0. The predicted octanol–water partition coefficient (Wildman–Crippen LogP) is 12.2. The monoisotopic (exact) mass is 867 g/mol. The van der Waals surface area contributed by atoms with Gasteiger partial charge in [0, 0.05) is 35.0 Å². The number of ether oxygens (including phenoxy) is 1. The van der Waals surface area contributed by atoms with Crippen LogP contribution in [0.25, 0.3) is 44.4 Å². The summed E-state index contributed by atoms with van der Waals surface area (Å²) in [5.74, 6) is 3.50. The minimum absolute atomic E-state index is 0. The number of nitrogens with zero attached hydrogens (tertiary/aromatic N) is 4. The summed E-state index contributed by atoms with van der Waals surface area (Å²) in [4.78, 5) is 4.74. The second-order valence-electron chi connectivity index (χ2n) is 15.1. The molecule has 0 saturated heterocycles. The maximum atomic E-state index is 6.64. The fraction of sp³-hybridized carbons (Fsp3) is 0.304. The Hall–Kier alpha value is -4.47. The minimum Gasteiger partial charge on any atom is -0.509 e. The van der Waals surface area contributed by atoms with Crippen LogP contribution >= 0.6 is 0 Å². The van der Waals surface area contributed by atoms with Crippen molar-refractivity contribution in [2.75, 3.05) is 0 Å². The number of hydrogen-bond donors (Lipinski definition) is 0. The second-order valence-corrected chi connectivity index (χ2v) is 15.1. The molecule has 0 amide bonds. The molecule has 3 heterocycles. The van der Waals surface area contributed by atoms with Gasteiger partial charge in [0.2, 0.25) is 0 Å². The molecule has 268 valence electrons. The van der Waals surface area contributed by atoms with E-state index >= 15 is 0 Å². The predicted molar refractivity (Wildman–Crippen MR) is 211 cm³/mol. The molecular weight excluding hydrogens is 820 g/mol. The molecule has 0 unspecified atom stereocenters. The van der Waals surface area contributed by atoms with Crippen molar-refractivity contribution < 1.29 is 25.8 Å². The van der Waals surface area contributed by atoms with E-state index in [1.54, 1.807) is 0 Å². The van der Waals surface area contributed by atoms with E-state index in [1.165, 1.54) is 33.4 Å². The Bertz CT molecular complexity index is 2350. The van der Waals surface area contributed by atoms with Crippen molar-refractivity contribution in [2.45, 2.75) is 87.0 Å². The van der Waals surface area contributed by atoms with Crippen molar-refractivity contribution in [3.8, 4) is 34.1 Å². The summed E-state index contributed by atoms with van der Waals surface area (Å²) < 4.78 is 10.8. The van der Waals surface area contributed by atoms with Gasteiger partial charge in [0.1, 0.15) is 5.82 Å². The third-order valence-electron chi connectivity index (χ3n) is 9.90. The van der Waals surface area contributed by atoms with E-state index in [-0.39, 0.29) is 21.1 Å². The molecule has 0 N–H and O–H groups in total. The van der Waals surface area contributed by atoms with Crippen LogP contribution in [0, 0.1) is 38.8 Å². The molecule has 5 nitrogen and oxygen atoms in total. The average molecular weight is 868 g/mol. The number of benzene rings is 4. The van der Waals surface area contributed by atoms with E-state index < -0.39 is 0 Å². The molecule has 7 rings (SSSR count). The van der Waals surface area contributed by atoms with Crippen LogP contribution < -0.4 is 4.74 Å². The number of pyridine rings is 1. The Balaban J connectivity index is 0.00000464. The summed E-state index contributed by atoms with van der Waals surface area (Å²) in [7, 11) is 0. The Kier molecular flexibility index (Phi) is 10.9. The smallest absolute Gasteiger partial charge is 0.509 e. The van der Waals surface area contributed by atoms with Gasteiger partial charge in [-0.15, -0.1) is 35.7 Å². The number of rotatable bonds is 10. The Morgan fingerprint density at radius 1 is 0.769 bits per heavy atom. The van der Waals surface area contributed by atoms with Gasteiger partial charge in [-0.1, -0.05) is 77.7 Å². The topological polar surface area (TPSA) is 44.9 Å². The molecule has 0 atom stereocenters. The molecular formula is C46H48N4OPt. The van der Waals surface area contributed by atoms with E-state index in [9.17, 15) is 0 Å². The van der Waals surface area contributed by atoms with Crippen LogP contribution in [-0.4, -0.2) is 19.3 Å². The zero-order valence-corrected chi connectivity index (χ0v) is 34.0. The fourth-order valence-electron chi connectivity index (χ4n) is 7.70. The van der Waals surface area contributed by atoms with Gasteiger partial charge in [-0.25, -0.2) is 4.98 Å².